The van der Waals surface area contributed by atoms with Crippen LogP contribution in [0.4, 0.5) is 4.39 Å². The number of halogens is 1. The van der Waals surface area contributed by atoms with Gasteiger partial charge < -0.3 is 9.47 Å². The van der Waals surface area contributed by atoms with E-state index >= 15 is 0 Å². The maximum Gasteiger partial charge on any atom is 0.284 e. The molecule has 1 aliphatic heterocycles. The summed E-state index contributed by atoms with van der Waals surface area (Å²) in [6.45, 7) is 1.71. The van der Waals surface area contributed by atoms with Crippen molar-refractivity contribution in [2.45, 2.75) is 13.0 Å². The molecule has 0 radical (unpaired) electrons. The summed E-state index contributed by atoms with van der Waals surface area (Å²) in [7, 11) is 0. The van der Waals surface area contributed by atoms with Crippen LogP contribution in [0.15, 0.2) is 53.6 Å². The summed E-state index contributed by atoms with van der Waals surface area (Å²) in [6, 6.07) is 13.3. The predicted molar refractivity (Wildman–Crippen MR) is 83.1 cm³/mol. The molecule has 0 spiro atoms. The maximum absolute atomic E-state index is 13.6. The lowest BCUT2D eigenvalue weighted by Crippen LogP contribution is -2.42. The average Bonchev–Trinajstić information content (AvgIpc) is 2.59. The van der Waals surface area contributed by atoms with E-state index in [4.69, 9.17) is 9.47 Å². The minimum atomic E-state index is -0.804. The fourth-order valence-corrected chi connectivity index (χ4v) is 2.17. The predicted octanol–water partition coefficient (Wildman–Crippen LogP) is 2.51. The summed E-state index contributed by atoms with van der Waals surface area (Å²) >= 11 is 0. The smallest absolute Gasteiger partial charge is 0.284 e. The normalized spacial score (nSPS) is 16.8. The van der Waals surface area contributed by atoms with Crippen molar-refractivity contribution in [3.05, 3.63) is 59.9 Å². The lowest BCUT2D eigenvalue weighted by molar-refractivity contribution is -0.130. The summed E-state index contributed by atoms with van der Waals surface area (Å²) < 4.78 is 24.7. The standard InChI is InChI=1S/C17H15FN2O3/c1-11(12-6-2-3-7-13(12)18)19-20-17(21)16-10-22-14-8-4-5-9-15(14)23-16/h2-9,16H,10H2,1H3,(H,20,21). The molecule has 0 bridgehead atoms. The molecule has 5 nitrogen and oxygen atoms in total. The molecule has 2 aromatic carbocycles. The Bertz CT molecular complexity index is 761. The number of para-hydroxylation sites is 2. The number of benzene rings is 2. The number of rotatable bonds is 3. The second kappa shape index (κ2) is 6.48. The highest BCUT2D eigenvalue weighted by Crippen LogP contribution is 2.30. The van der Waals surface area contributed by atoms with E-state index in [2.05, 4.69) is 10.5 Å². The lowest BCUT2D eigenvalue weighted by Gasteiger charge is -2.24. The molecule has 118 valence electrons. The van der Waals surface area contributed by atoms with E-state index < -0.39 is 17.8 Å². The van der Waals surface area contributed by atoms with Crippen LogP contribution >= 0.6 is 0 Å². The van der Waals surface area contributed by atoms with Gasteiger partial charge >= 0.3 is 0 Å². The molecule has 1 amide bonds. The number of hydrogen-bond acceptors (Lipinski definition) is 4. The van der Waals surface area contributed by atoms with E-state index in [1.807, 2.05) is 6.07 Å². The van der Waals surface area contributed by atoms with E-state index in [0.717, 1.165) is 0 Å². The highest BCUT2D eigenvalue weighted by molar-refractivity contribution is 5.99. The summed E-state index contributed by atoms with van der Waals surface area (Å²) in [5, 5.41) is 3.93. The van der Waals surface area contributed by atoms with Gasteiger partial charge in [-0.05, 0) is 25.1 Å². The topological polar surface area (TPSA) is 59.9 Å². The largest absolute Gasteiger partial charge is 0.485 e. The zero-order chi connectivity index (χ0) is 16.2. The Labute approximate surface area is 132 Å². The van der Waals surface area contributed by atoms with Crippen molar-refractivity contribution < 1.29 is 18.7 Å². The molecule has 2 aromatic rings. The Morgan fingerprint density at radius 2 is 1.87 bits per heavy atom. The number of carbonyl (C=O) groups is 1. The van der Waals surface area contributed by atoms with Gasteiger partial charge in [-0.2, -0.15) is 5.10 Å². The van der Waals surface area contributed by atoms with Gasteiger partial charge in [0.2, 0.25) is 6.10 Å². The average molecular weight is 314 g/mol. The van der Waals surface area contributed by atoms with Crippen molar-refractivity contribution in [2.24, 2.45) is 5.10 Å². The molecule has 1 atom stereocenters. The quantitative estimate of drug-likeness (QED) is 0.699. The second-order valence-electron chi connectivity index (χ2n) is 5.02. The molecular weight excluding hydrogens is 299 g/mol. The summed E-state index contributed by atoms with van der Waals surface area (Å²) in [6.07, 6.45) is -0.804. The lowest BCUT2D eigenvalue weighted by atomic mass is 10.1. The maximum atomic E-state index is 13.6. The fourth-order valence-electron chi connectivity index (χ4n) is 2.17. The van der Waals surface area contributed by atoms with E-state index in [0.29, 0.717) is 22.8 Å². The van der Waals surface area contributed by atoms with Crippen LogP contribution in [0.3, 0.4) is 0 Å². The van der Waals surface area contributed by atoms with Gasteiger partial charge in [0.15, 0.2) is 11.5 Å². The monoisotopic (exact) mass is 314 g/mol. The Balaban J connectivity index is 1.66. The van der Waals surface area contributed by atoms with Crippen molar-refractivity contribution in [3.63, 3.8) is 0 Å². The third kappa shape index (κ3) is 3.31. The minimum Gasteiger partial charge on any atom is -0.485 e. The Kier molecular flexibility index (Phi) is 4.23. The van der Waals surface area contributed by atoms with Gasteiger partial charge in [0.1, 0.15) is 12.4 Å². The Hall–Kier alpha value is -2.89. The number of ether oxygens (including phenoxy) is 2. The first kappa shape index (κ1) is 15.0. The Morgan fingerprint density at radius 3 is 2.65 bits per heavy atom. The highest BCUT2D eigenvalue weighted by Gasteiger charge is 2.27. The first-order valence-electron chi connectivity index (χ1n) is 7.12. The summed E-state index contributed by atoms with van der Waals surface area (Å²) in [4.78, 5) is 12.1. The zero-order valence-electron chi connectivity index (χ0n) is 12.5. The SMILES string of the molecule is CC(=NNC(=O)C1COc2ccccc2O1)c1ccccc1F. The van der Waals surface area contributed by atoms with Crippen LogP contribution in [0.5, 0.6) is 11.5 Å². The van der Waals surface area contributed by atoms with Gasteiger partial charge in [-0.15, -0.1) is 0 Å². The Morgan fingerprint density at radius 1 is 1.17 bits per heavy atom. The van der Waals surface area contributed by atoms with Gasteiger partial charge in [0.05, 0.1) is 5.71 Å². The van der Waals surface area contributed by atoms with Crippen LogP contribution in [-0.4, -0.2) is 24.3 Å². The van der Waals surface area contributed by atoms with Crippen LogP contribution in [-0.2, 0) is 4.79 Å². The number of hydrogen-bond donors (Lipinski definition) is 1. The molecule has 0 aromatic heterocycles. The van der Waals surface area contributed by atoms with Gasteiger partial charge in [-0.1, -0.05) is 30.3 Å². The van der Waals surface area contributed by atoms with E-state index in [-0.39, 0.29) is 6.61 Å². The molecule has 6 heteroatoms. The first-order chi connectivity index (χ1) is 11.1. The van der Waals surface area contributed by atoms with E-state index in [1.165, 1.54) is 6.07 Å². The van der Waals surface area contributed by atoms with Crippen molar-refractivity contribution in [1.29, 1.82) is 0 Å². The van der Waals surface area contributed by atoms with Crippen LogP contribution in [0.2, 0.25) is 0 Å². The van der Waals surface area contributed by atoms with Crippen molar-refractivity contribution in [2.75, 3.05) is 6.61 Å². The van der Waals surface area contributed by atoms with Gasteiger partial charge in [0.25, 0.3) is 5.91 Å². The second-order valence-corrected chi connectivity index (χ2v) is 5.02. The first-order valence-corrected chi connectivity index (χ1v) is 7.12. The van der Waals surface area contributed by atoms with Crippen molar-refractivity contribution >= 4 is 11.6 Å². The number of fused-ring (bicyclic) bond motifs is 1. The molecule has 0 saturated carbocycles. The third-order valence-electron chi connectivity index (χ3n) is 3.40. The molecule has 1 heterocycles. The van der Waals surface area contributed by atoms with Crippen LogP contribution in [0.25, 0.3) is 0 Å². The van der Waals surface area contributed by atoms with E-state index in [9.17, 15) is 9.18 Å². The molecule has 1 unspecified atom stereocenters. The summed E-state index contributed by atoms with van der Waals surface area (Å²) in [5.74, 6) is 0.265. The van der Waals surface area contributed by atoms with Gasteiger partial charge in [-0.25, -0.2) is 9.82 Å². The van der Waals surface area contributed by atoms with Crippen LogP contribution < -0.4 is 14.9 Å². The van der Waals surface area contributed by atoms with Gasteiger partial charge in [0, 0.05) is 5.56 Å². The minimum absolute atomic E-state index is 0.0944. The van der Waals surface area contributed by atoms with E-state index in [1.54, 1.807) is 43.3 Å². The molecule has 0 aliphatic carbocycles. The number of nitrogens with one attached hydrogen (secondary N) is 1. The number of nitrogens with zero attached hydrogens (tertiary/aromatic N) is 1. The summed E-state index contributed by atoms with van der Waals surface area (Å²) in [5.41, 5.74) is 3.09. The van der Waals surface area contributed by atoms with Crippen LogP contribution in [0.1, 0.15) is 12.5 Å². The van der Waals surface area contributed by atoms with Gasteiger partial charge in [-0.3, -0.25) is 4.79 Å². The zero-order valence-corrected chi connectivity index (χ0v) is 12.5. The molecule has 1 N–H and O–H groups in total. The molecule has 3 rings (SSSR count). The van der Waals surface area contributed by atoms with Crippen molar-refractivity contribution in [1.82, 2.24) is 5.43 Å². The third-order valence-corrected chi connectivity index (χ3v) is 3.40. The van der Waals surface area contributed by atoms with Crippen LogP contribution in [0, 0.1) is 5.82 Å². The number of carbonyl (C=O) groups excluding carboxylic acids is 1. The highest BCUT2D eigenvalue weighted by atomic mass is 19.1. The molecule has 23 heavy (non-hydrogen) atoms. The molecular formula is C17H15FN2O3. The molecule has 0 fully saturated rings. The molecule has 0 saturated heterocycles. The number of amides is 1. The molecule has 1 aliphatic rings. The fraction of sp³-hybridized carbons (Fsp3) is 0.176. The number of hydrazone groups is 1. The van der Waals surface area contributed by atoms with Crippen molar-refractivity contribution in [3.8, 4) is 11.5 Å².